The summed E-state index contributed by atoms with van der Waals surface area (Å²) in [5, 5.41) is 0.706. The molecular weight excluding hydrogens is 706 g/mol. The lowest BCUT2D eigenvalue weighted by molar-refractivity contribution is -0.155. The summed E-state index contributed by atoms with van der Waals surface area (Å²) < 4.78 is 54.7. The van der Waals surface area contributed by atoms with Gasteiger partial charge >= 0.3 is 6.09 Å². The van der Waals surface area contributed by atoms with Crippen LogP contribution in [0.2, 0.25) is 5.02 Å². The Kier molecular flexibility index (Phi) is 9.72. The lowest BCUT2D eigenvalue weighted by Crippen LogP contribution is -2.55. The number of benzene rings is 2. The van der Waals surface area contributed by atoms with Crippen LogP contribution < -0.4 is 14.4 Å². The van der Waals surface area contributed by atoms with E-state index in [-0.39, 0.29) is 41.0 Å². The molecule has 8 rings (SSSR count). The van der Waals surface area contributed by atoms with E-state index in [1.54, 1.807) is 17.0 Å². The fourth-order valence-corrected chi connectivity index (χ4v) is 10.4. The maximum Gasteiger partial charge on any atom is 0.410 e. The molecule has 0 unspecified atom stereocenters. The Bertz CT molecular complexity index is 1850. The van der Waals surface area contributed by atoms with Gasteiger partial charge in [0.25, 0.3) is 15.9 Å². The summed E-state index contributed by atoms with van der Waals surface area (Å²) in [4.78, 5) is 31.2. The van der Waals surface area contributed by atoms with Gasteiger partial charge in [-0.25, -0.2) is 17.9 Å². The number of sulfonamides is 1. The number of halogens is 1. The molecule has 3 fully saturated rings. The minimum atomic E-state index is -4.22. The largest absolute Gasteiger partial charge is 0.490 e. The first kappa shape index (κ1) is 35.7. The van der Waals surface area contributed by atoms with E-state index in [2.05, 4.69) is 21.8 Å². The molecule has 2 aromatic carbocycles. The molecule has 3 heterocycles. The first-order valence-corrected chi connectivity index (χ1v) is 20.7. The summed E-state index contributed by atoms with van der Waals surface area (Å²) in [6, 6.07) is 11.0. The van der Waals surface area contributed by atoms with Crippen LogP contribution in [0.5, 0.6) is 5.75 Å². The fraction of sp³-hybridized carbons (Fsp3) is 0.590. The second-order valence-corrected chi connectivity index (χ2v) is 17.5. The van der Waals surface area contributed by atoms with Crippen LogP contribution >= 0.6 is 11.6 Å². The lowest BCUT2D eigenvalue weighted by atomic mass is 9.68. The van der Waals surface area contributed by atoms with Crippen molar-refractivity contribution in [1.29, 1.82) is 0 Å². The van der Waals surface area contributed by atoms with Gasteiger partial charge in [0.05, 0.1) is 36.4 Å². The quantitative estimate of drug-likeness (QED) is 0.390. The van der Waals surface area contributed by atoms with E-state index in [4.69, 9.17) is 30.5 Å². The Balaban J connectivity index is 1.16. The third-order valence-electron chi connectivity index (χ3n) is 12.3. The molecule has 6 aliphatic rings. The number of aryl methyl sites for hydroxylation is 1. The van der Waals surface area contributed by atoms with Crippen molar-refractivity contribution in [3.05, 3.63) is 64.7 Å². The Labute approximate surface area is 311 Å². The maximum absolute atomic E-state index is 13.8. The highest BCUT2D eigenvalue weighted by Crippen LogP contribution is 2.47. The third kappa shape index (κ3) is 6.69. The summed E-state index contributed by atoms with van der Waals surface area (Å²) in [7, 11) is -4.22. The number of nitrogens with one attached hydrogen (secondary N) is 1. The molecule has 5 atom stereocenters. The van der Waals surface area contributed by atoms with Crippen molar-refractivity contribution in [3.63, 3.8) is 0 Å². The van der Waals surface area contributed by atoms with Crippen molar-refractivity contribution >= 4 is 39.3 Å². The number of carbonyl (C=O) groups excluding carboxylic acids is 2. The van der Waals surface area contributed by atoms with Gasteiger partial charge in [0.2, 0.25) is 0 Å². The molecule has 280 valence electrons. The van der Waals surface area contributed by atoms with E-state index >= 15 is 0 Å². The summed E-state index contributed by atoms with van der Waals surface area (Å²) in [5.74, 6) is 0.117. The summed E-state index contributed by atoms with van der Waals surface area (Å²) in [5.41, 5.74) is 1.51. The van der Waals surface area contributed by atoms with Crippen LogP contribution in [0.25, 0.3) is 0 Å². The van der Waals surface area contributed by atoms with E-state index in [1.165, 1.54) is 17.2 Å². The average molecular weight is 754 g/mol. The molecule has 13 heteroatoms. The van der Waals surface area contributed by atoms with Gasteiger partial charge in [-0.05, 0) is 118 Å². The number of hydrogen-bond acceptors (Lipinski definition) is 9. The monoisotopic (exact) mass is 753 g/mol. The second kappa shape index (κ2) is 14.2. The van der Waals surface area contributed by atoms with Crippen molar-refractivity contribution in [2.24, 2.45) is 11.8 Å². The number of likely N-dealkylation sites (tertiary alicyclic amines) is 1. The molecule has 2 spiro atoms. The predicted molar refractivity (Wildman–Crippen MR) is 195 cm³/mol. The second-order valence-electron chi connectivity index (χ2n) is 15.4. The summed E-state index contributed by atoms with van der Waals surface area (Å²) in [6.07, 6.45) is 9.86. The first-order valence-electron chi connectivity index (χ1n) is 18.8. The average Bonchev–Trinajstić information content (AvgIpc) is 3.50. The van der Waals surface area contributed by atoms with Crippen LogP contribution in [0.15, 0.2) is 53.4 Å². The number of nitrogens with zero attached hydrogens (tertiary/aromatic N) is 2. The number of fused-ring (bicyclic) bond motifs is 4. The van der Waals surface area contributed by atoms with Crippen LogP contribution in [-0.2, 0) is 40.9 Å². The Morgan fingerprint density at radius 1 is 1.08 bits per heavy atom. The fourth-order valence-electron chi connectivity index (χ4n) is 9.13. The third-order valence-corrected chi connectivity index (χ3v) is 13.9. The molecule has 1 saturated heterocycles. The van der Waals surface area contributed by atoms with Crippen molar-refractivity contribution < 1.29 is 37.0 Å². The smallest absolute Gasteiger partial charge is 0.410 e. The highest BCUT2D eigenvalue weighted by atomic mass is 35.5. The molecule has 1 N–H and O–H groups in total. The zero-order valence-corrected chi connectivity index (χ0v) is 31.3. The molecule has 3 aliphatic heterocycles. The van der Waals surface area contributed by atoms with Crippen LogP contribution in [0.3, 0.4) is 0 Å². The maximum atomic E-state index is 13.8. The molecule has 11 nitrogen and oxygen atoms in total. The van der Waals surface area contributed by atoms with Crippen LogP contribution in [-0.4, -0.2) is 89.1 Å². The van der Waals surface area contributed by atoms with Gasteiger partial charge in [0.1, 0.15) is 17.5 Å². The van der Waals surface area contributed by atoms with Gasteiger partial charge in [-0.3, -0.25) is 4.79 Å². The zero-order valence-electron chi connectivity index (χ0n) is 29.7. The summed E-state index contributed by atoms with van der Waals surface area (Å²) >= 11 is 6.46. The van der Waals surface area contributed by atoms with Gasteiger partial charge in [0, 0.05) is 42.6 Å². The van der Waals surface area contributed by atoms with Crippen LogP contribution in [0, 0.1) is 11.8 Å². The molecule has 2 amide bonds. The zero-order chi connectivity index (χ0) is 36.1. The standard InChI is InChI=1S/C39H48ClN3O8S/c1-2-48-29-14-18-42(23-29)37(45)51-34-7-4-19-50-39(16-5-17-39)36(44)41-52(46,47)30-10-13-35-33(21-30)43(22-27-8-11-31(27)34)24-38(25-49-35)15-3-6-26-20-28(40)9-12-32(26)38/h4,7,9-10,12-13,20-21,27,29,31,34H,2-3,5-6,8,11,14-19,22-25H2,1H3,(H,41,44)/b7-4+/t27-,29+,31+,34-,38-/m0/s1. The number of rotatable bonds is 3. The van der Waals surface area contributed by atoms with Gasteiger partial charge < -0.3 is 28.7 Å². The SMILES string of the molecule is CCO[C@@H]1CCN(C(=O)O[C@H]2/C=C/COC3(CCC3)C(=O)NS(=O)(=O)c3ccc4c(c3)N(C[C@@H]3CC[C@H]32)C[C@@]2(CCCc3cc(Cl)ccc32)CO4)C1. The minimum absolute atomic E-state index is 0.00521. The Hall–Kier alpha value is -3.32. The minimum Gasteiger partial charge on any atom is -0.490 e. The molecule has 3 aliphatic carbocycles. The summed E-state index contributed by atoms with van der Waals surface area (Å²) in [6.45, 7) is 5.38. The van der Waals surface area contributed by atoms with E-state index in [9.17, 15) is 18.0 Å². The molecule has 0 aromatic heterocycles. The van der Waals surface area contributed by atoms with Crippen LogP contribution in [0.1, 0.15) is 69.4 Å². The molecule has 2 saturated carbocycles. The number of amides is 2. The predicted octanol–water partition coefficient (Wildman–Crippen LogP) is 5.77. The van der Waals surface area contributed by atoms with E-state index < -0.39 is 27.6 Å². The van der Waals surface area contributed by atoms with Gasteiger partial charge in [-0.2, -0.15) is 0 Å². The van der Waals surface area contributed by atoms with E-state index in [0.717, 1.165) is 44.9 Å². The van der Waals surface area contributed by atoms with Gasteiger partial charge in [-0.15, -0.1) is 0 Å². The van der Waals surface area contributed by atoms with Crippen molar-refractivity contribution in [1.82, 2.24) is 9.62 Å². The van der Waals surface area contributed by atoms with Crippen molar-refractivity contribution in [2.45, 2.75) is 92.8 Å². The van der Waals surface area contributed by atoms with E-state index in [1.807, 2.05) is 25.1 Å². The van der Waals surface area contributed by atoms with Crippen molar-refractivity contribution in [3.8, 4) is 5.75 Å². The number of hydrogen-bond donors (Lipinski definition) is 1. The van der Waals surface area contributed by atoms with E-state index in [0.29, 0.717) is 68.7 Å². The lowest BCUT2D eigenvalue weighted by Gasteiger charge is -2.46. The first-order chi connectivity index (χ1) is 25.1. The Morgan fingerprint density at radius 3 is 2.71 bits per heavy atom. The number of ether oxygens (including phenoxy) is 4. The number of carbonyl (C=O) groups is 2. The highest BCUT2D eigenvalue weighted by Gasteiger charge is 2.48. The number of anilines is 1. The van der Waals surface area contributed by atoms with Crippen molar-refractivity contribution in [2.75, 3.05) is 50.9 Å². The molecule has 52 heavy (non-hydrogen) atoms. The molecular formula is C39H48ClN3O8S. The van der Waals surface area contributed by atoms with Crippen LogP contribution in [0.4, 0.5) is 10.5 Å². The molecule has 0 radical (unpaired) electrons. The topological polar surface area (TPSA) is 124 Å². The Morgan fingerprint density at radius 2 is 1.94 bits per heavy atom. The molecule has 2 bridgehead atoms. The normalized spacial score (nSPS) is 31.2. The van der Waals surface area contributed by atoms with Gasteiger partial charge in [-0.1, -0.05) is 23.7 Å². The molecule has 2 aromatic rings. The van der Waals surface area contributed by atoms with Gasteiger partial charge in [0.15, 0.2) is 0 Å². The highest BCUT2D eigenvalue weighted by molar-refractivity contribution is 7.90.